The summed E-state index contributed by atoms with van der Waals surface area (Å²) in [6, 6.07) is 12.8. The predicted octanol–water partition coefficient (Wildman–Crippen LogP) is 4.70. The van der Waals surface area contributed by atoms with Crippen LogP contribution in [0.5, 0.6) is 5.75 Å². The first-order valence-electron chi connectivity index (χ1n) is 5.95. The van der Waals surface area contributed by atoms with Gasteiger partial charge < -0.3 is 4.74 Å². The monoisotopic (exact) mass is 258 g/mol. The van der Waals surface area contributed by atoms with Crippen molar-refractivity contribution >= 4 is 11.8 Å². The molecule has 0 amide bonds. The highest BCUT2D eigenvalue weighted by molar-refractivity contribution is 7.98. The zero-order chi connectivity index (χ0) is 13.1. The van der Waals surface area contributed by atoms with Gasteiger partial charge in [-0.1, -0.05) is 12.1 Å². The van der Waals surface area contributed by atoms with E-state index in [1.54, 1.807) is 18.9 Å². The van der Waals surface area contributed by atoms with Gasteiger partial charge in [-0.25, -0.2) is 0 Å². The van der Waals surface area contributed by atoms with Crippen LogP contribution in [0, 0.1) is 13.8 Å². The van der Waals surface area contributed by atoms with Crippen LogP contribution >= 0.6 is 11.8 Å². The summed E-state index contributed by atoms with van der Waals surface area (Å²) in [5.74, 6) is 0.907. The van der Waals surface area contributed by atoms with Gasteiger partial charge >= 0.3 is 0 Å². The van der Waals surface area contributed by atoms with Crippen molar-refractivity contribution in [3.63, 3.8) is 0 Å². The van der Waals surface area contributed by atoms with Crippen LogP contribution in [0.2, 0.25) is 0 Å². The molecule has 0 heterocycles. The summed E-state index contributed by atoms with van der Waals surface area (Å²) in [6.45, 7) is 4.29. The quantitative estimate of drug-likeness (QED) is 0.738. The average Bonchev–Trinajstić information content (AvgIpc) is 2.40. The number of methoxy groups -OCH3 is 1. The molecular weight excluding hydrogens is 240 g/mol. The first kappa shape index (κ1) is 13.0. The molecular formula is C16H18OS. The van der Waals surface area contributed by atoms with Crippen molar-refractivity contribution in [2.45, 2.75) is 18.7 Å². The molecule has 0 unspecified atom stereocenters. The van der Waals surface area contributed by atoms with Gasteiger partial charge in [0.25, 0.3) is 0 Å². The smallest absolute Gasteiger partial charge is 0.119 e. The second kappa shape index (κ2) is 5.49. The SMILES string of the molecule is COc1ccc(C)c(-c2cc(SC)ccc2C)c1. The molecule has 2 aromatic carbocycles. The van der Waals surface area contributed by atoms with E-state index in [-0.39, 0.29) is 0 Å². The molecule has 0 saturated carbocycles. The minimum atomic E-state index is 0.907. The molecule has 2 heteroatoms. The molecule has 1 nitrogen and oxygen atoms in total. The molecule has 0 radical (unpaired) electrons. The Morgan fingerprint density at radius 2 is 1.50 bits per heavy atom. The predicted molar refractivity (Wildman–Crippen MR) is 79.7 cm³/mol. The van der Waals surface area contributed by atoms with Gasteiger partial charge in [-0.3, -0.25) is 0 Å². The lowest BCUT2D eigenvalue weighted by Crippen LogP contribution is -1.90. The highest BCUT2D eigenvalue weighted by Gasteiger charge is 2.07. The fourth-order valence-electron chi connectivity index (χ4n) is 2.04. The van der Waals surface area contributed by atoms with Crippen LogP contribution in [0.3, 0.4) is 0 Å². The summed E-state index contributed by atoms with van der Waals surface area (Å²) in [7, 11) is 1.71. The highest BCUT2D eigenvalue weighted by Crippen LogP contribution is 2.32. The van der Waals surface area contributed by atoms with Gasteiger partial charge in [0.05, 0.1) is 7.11 Å². The summed E-state index contributed by atoms with van der Waals surface area (Å²) in [4.78, 5) is 1.29. The fraction of sp³-hybridized carbons (Fsp3) is 0.250. The van der Waals surface area contributed by atoms with Gasteiger partial charge in [0, 0.05) is 4.90 Å². The largest absolute Gasteiger partial charge is 0.497 e. The van der Waals surface area contributed by atoms with E-state index < -0.39 is 0 Å². The Kier molecular flexibility index (Phi) is 3.97. The first-order valence-corrected chi connectivity index (χ1v) is 7.18. The third-order valence-electron chi connectivity index (χ3n) is 3.18. The van der Waals surface area contributed by atoms with E-state index in [0.29, 0.717) is 0 Å². The van der Waals surface area contributed by atoms with Gasteiger partial charge in [-0.2, -0.15) is 0 Å². The van der Waals surface area contributed by atoms with Gasteiger partial charge in [0.2, 0.25) is 0 Å². The first-order chi connectivity index (χ1) is 8.65. The standard InChI is InChI=1S/C16H18OS/c1-11-5-7-13(17-3)9-15(11)16-10-14(18-4)8-6-12(16)2/h5-10H,1-4H3. The Balaban J connectivity index is 2.60. The average molecular weight is 258 g/mol. The molecule has 0 N–H and O–H groups in total. The lowest BCUT2D eigenvalue weighted by Gasteiger charge is -2.12. The Labute approximate surface area is 113 Å². The molecule has 0 atom stereocenters. The molecule has 2 aromatic rings. The van der Waals surface area contributed by atoms with E-state index in [0.717, 1.165) is 5.75 Å². The molecule has 0 saturated heterocycles. The number of thioether (sulfide) groups is 1. The van der Waals surface area contributed by atoms with Crippen LogP contribution in [0.15, 0.2) is 41.3 Å². The molecule has 0 bridgehead atoms. The van der Waals surface area contributed by atoms with Crippen molar-refractivity contribution in [1.29, 1.82) is 0 Å². The van der Waals surface area contributed by atoms with E-state index in [9.17, 15) is 0 Å². The topological polar surface area (TPSA) is 9.23 Å². The van der Waals surface area contributed by atoms with Gasteiger partial charge in [0.15, 0.2) is 0 Å². The van der Waals surface area contributed by atoms with Crippen molar-refractivity contribution in [1.82, 2.24) is 0 Å². The third kappa shape index (κ3) is 2.54. The van der Waals surface area contributed by atoms with Crippen LogP contribution in [0.1, 0.15) is 11.1 Å². The van der Waals surface area contributed by atoms with Crippen molar-refractivity contribution < 1.29 is 4.74 Å². The van der Waals surface area contributed by atoms with Crippen LogP contribution in [-0.2, 0) is 0 Å². The van der Waals surface area contributed by atoms with Gasteiger partial charge in [-0.05, 0) is 66.6 Å². The van der Waals surface area contributed by atoms with Crippen molar-refractivity contribution in [2.75, 3.05) is 13.4 Å². The lowest BCUT2D eigenvalue weighted by molar-refractivity contribution is 0.415. The van der Waals surface area contributed by atoms with Crippen LogP contribution in [-0.4, -0.2) is 13.4 Å². The zero-order valence-electron chi connectivity index (χ0n) is 11.3. The molecule has 0 aliphatic rings. The lowest BCUT2D eigenvalue weighted by atomic mass is 9.96. The number of hydrogen-bond acceptors (Lipinski definition) is 2. The summed E-state index contributed by atoms with van der Waals surface area (Å²) in [5, 5.41) is 0. The Morgan fingerprint density at radius 1 is 0.889 bits per heavy atom. The Morgan fingerprint density at radius 3 is 2.11 bits per heavy atom. The number of aryl methyl sites for hydroxylation is 2. The van der Waals surface area contributed by atoms with Crippen LogP contribution < -0.4 is 4.74 Å². The molecule has 0 spiro atoms. The Bertz CT molecular complexity index is 510. The normalized spacial score (nSPS) is 10.4. The Hall–Kier alpha value is -1.41. The molecule has 94 valence electrons. The van der Waals surface area contributed by atoms with E-state index >= 15 is 0 Å². The number of rotatable bonds is 3. The number of hydrogen-bond donors (Lipinski definition) is 0. The molecule has 0 aromatic heterocycles. The van der Waals surface area contributed by atoms with Gasteiger partial charge in [-0.15, -0.1) is 11.8 Å². The summed E-state index contributed by atoms with van der Waals surface area (Å²) in [5.41, 5.74) is 5.11. The second-order valence-electron chi connectivity index (χ2n) is 4.36. The minimum Gasteiger partial charge on any atom is -0.497 e. The molecule has 0 aliphatic heterocycles. The van der Waals surface area contributed by atoms with E-state index in [1.807, 2.05) is 6.07 Å². The second-order valence-corrected chi connectivity index (χ2v) is 5.24. The molecule has 2 rings (SSSR count). The maximum atomic E-state index is 5.32. The van der Waals surface area contributed by atoms with Crippen LogP contribution in [0.25, 0.3) is 11.1 Å². The minimum absolute atomic E-state index is 0.907. The van der Waals surface area contributed by atoms with E-state index in [4.69, 9.17) is 4.74 Å². The zero-order valence-corrected chi connectivity index (χ0v) is 12.1. The summed E-state index contributed by atoms with van der Waals surface area (Å²) in [6.07, 6.45) is 2.10. The summed E-state index contributed by atoms with van der Waals surface area (Å²) < 4.78 is 5.32. The molecule has 0 fully saturated rings. The van der Waals surface area contributed by atoms with Crippen LogP contribution in [0.4, 0.5) is 0 Å². The summed E-state index contributed by atoms with van der Waals surface area (Å²) >= 11 is 1.77. The highest BCUT2D eigenvalue weighted by atomic mass is 32.2. The number of benzene rings is 2. The van der Waals surface area contributed by atoms with Crippen molar-refractivity contribution in [3.8, 4) is 16.9 Å². The van der Waals surface area contributed by atoms with Gasteiger partial charge in [0.1, 0.15) is 5.75 Å². The van der Waals surface area contributed by atoms with Crippen molar-refractivity contribution in [2.24, 2.45) is 0 Å². The fourth-order valence-corrected chi connectivity index (χ4v) is 2.48. The maximum absolute atomic E-state index is 5.32. The van der Waals surface area contributed by atoms with Crippen molar-refractivity contribution in [3.05, 3.63) is 47.5 Å². The third-order valence-corrected chi connectivity index (χ3v) is 3.90. The number of ether oxygens (including phenoxy) is 1. The molecule has 18 heavy (non-hydrogen) atoms. The molecule has 0 aliphatic carbocycles. The maximum Gasteiger partial charge on any atom is 0.119 e. The van der Waals surface area contributed by atoms with E-state index in [2.05, 4.69) is 50.4 Å². The van der Waals surface area contributed by atoms with E-state index in [1.165, 1.54) is 27.1 Å².